The molecule has 0 spiro atoms. The lowest BCUT2D eigenvalue weighted by Crippen LogP contribution is -2.37. The Balaban J connectivity index is 1.05. The first-order valence-corrected chi connectivity index (χ1v) is 15.5. The second kappa shape index (κ2) is 13.6. The molecule has 0 unspecified atom stereocenters. The molecule has 5 aromatic carbocycles. The summed E-state index contributed by atoms with van der Waals surface area (Å²) < 4.78 is 4.82. The van der Waals surface area contributed by atoms with Gasteiger partial charge in [0.05, 0.1) is 7.11 Å². The summed E-state index contributed by atoms with van der Waals surface area (Å²) in [7, 11) is 1.40. The van der Waals surface area contributed by atoms with Gasteiger partial charge in [0.15, 0.2) is 0 Å². The highest BCUT2D eigenvalue weighted by molar-refractivity contribution is 6.10. The Hall–Kier alpha value is -5.89. The molecule has 1 saturated heterocycles. The van der Waals surface area contributed by atoms with Crippen LogP contribution in [0.3, 0.4) is 0 Å². The number of methoxy groups -OCH3 is 1. The van der Waals surface area contributed by atoms with E-state index in [4.69, 9.17) is 4.74 Å². The predicted octanol–water partition coefficient (Wildman–Crippen LogP) is 8.49. The standard InChI is InChI=1S/C39H35N3O5/c1-25(43)33-19-20-36(35-6-4-3-5-34(33)35)41-38(45)31-13-7-26(8-14-31)28-15-17-32(18-16-28)40-37(44)30-11-9-27(10-12-30)29-21-23-42(24-22-29)39(46)47-2/h3-20,29,43H,1,21-24H2,2H3,(H,40,44)(H,41,45). The van der Waals surface area contributed by atoms with Crippen LogP contribution in [0.4, 0.5) is 16.2 Å². The monoisotopic (exact) mass is 625 g/mol. The van der Waals surface area contributed by atoms with Crippen molar-refractivity contribution in [2.45, 2.75) is 18.8 Å². The van der Waals surface area contributed by atoms with Crippen LogP contribution in [0.5, 0.6) is 0 Å². The molecule has 1 heterocycles. The van der Waals surface area contributed by atoms with Gasteiger partial charge in [0.2, 0.25) is 0 Å². The maximum atomic E-state index is 13.1. The van der Waals surface area contributed by atoms with Crippen molar-refractivity contribution in [2.24, 2.45) is 0 Å². The molecule has 8 nitrogen and oxygen atoms in total. The highest BCUT2D eigenvalue weighted by Gasteiger charge is 2.24. The zero-order chi connectivity index (χ0) is 32.9. The van der Waals surface area contributed by atoms with E-state index in [0.717, 1.165) is 40.3 Å². The summed E-state index contributed by atoms with van der Waals surface area (Å²) in [6.45, 7) is 4.96. The van der Waals surface area contributed by atoms with Crippen LogP contribution in [0.25, 0.3) is 27.7 Å². The van der Waals surface area contributed by atoms with Crippen molar-refractivity contribution in [3.05, 3.63) is 138 Å². The van der Waals surface area contributed by atoms with Gasteiger partial charge in [0.1, 0.15) is 5.76 Å². The van der Waals surface area contributed by atoms with E-state index in [-0.39, 0.29) is 23.7 Å². The first kappa shape index (κ1) is 31.1. The minimum Gasteiger partial charge on any atom is -0.508 e. The number of hydrogen-bond acceptors (Lipinski definition) is 5. The molecule has 0 aromatic heterocycles. The normalized spacial score (nSPS) is 13.2. The highest BCUT2D eigenvalue weighted by atomic mass is 16.5. The van der Waals surface area contributed by atoms with E-state index in [1.807, 2.05) is 84.9 Å². The van der Waals surface area contributed by atoms with Crippen molar-refractivity contribution >= 4 is 45.8 Å². The van der Waals surface area contributed by atoms with Gasteiger partial charge < -0.3 is 25.4 Å². The van der Waals surface area contributed by atoms with Crippen LogP contribution < -0.4 is 10.6 Å². The summed E-state index contributed by atoms with van der Waals surface area (Å²) in [5.74, 6) is -0.117. The molecule has 0 saturated carbocycles. The van der Waals surface area contributed by atoms with Crippen LogP contribution in [0.15, 0.2) is 116 Å². The fourth-order valence-electron chi connectivity index (χ4n) is 6.05. The molecule has 47 heavy (non-hydrogen) atoms. The fraction of sp³-hybridized carbons (Fsp3) is 0.154. The molecule has 3 N–H and O–H groups in total. The molecule has 0 radical (unpaired) electrons. The zero-order valence-corrected chi connectivity index (χ0v) is 26.0. The van der Waals surface area contributed by atoms with Crippen molar-refractivity contribution < 1.29 is 24.2 Å². The summed E-state index contributed by atoms with van der Waals surface area (Å²) in [4.78, 5) is 39.5. The Kier molecular flexibility index (Phi) is 9.02. The number of amides is 3. The maximum absolute atomic E-state index is 13.1. The number of aliphatic hydroxyl groups is 1. The van der Waals surface area contributed by atoms with Gasteiger partial charge in [-0.1, -0.05) is 67.2 Å². The third kappa shape index (κ3) is 6.87. The van der Waals surface area contributed by atoms with Crippen molar-refractivity contribution in [2.75, 3.05) is 30.8 Å². The van der Waals surface area contributed by atoms with Crippen molar-refractivity contribution in [3.63, 3.8) is 0 Å². The van der Waals surface area contributed by atoms with Gasteiger partial charge in [-0.15, -0.1) is 0 Å². The molecule has 1 fully saturated rings. The van der Waals surface area contributed by atoms with E-state index in [2.05, 4.69) is 17.2 Å². The minimum atomic E-state index is -0.286. The van der Waals surface area contributed by atoms with Gasteiger partial charge in [-0.25, -0.2) is 4.79 Å². The Morgan fingerprint density at radius 3 is 1.87 bits per heavy atom. The van der Waals surface area contributed by atoms with Gasteiger partial charge in [-0.3, -0.25) is 9.59 Å². The smallest absolute Gasteiger partial charge is 0.409 e. The number of nitrogens with one attached hydrogen (secondary N) is 2. The number of piperidine rings is 1. The lowest BCUT2D eigenvalue weighted by Gasteiger charge is -2.31. The molecule has 3 amide bonds. The van der Waals surface area contributed by atoms with Crippen LogP contribution in [0.2, 0.25) is 0 Å². The molecule has 0 bridgehead atoms. The quantitative estimate of drug-likeness (QED) is 0.157. The van der Waals surface area contributed by atoms with Crippen LogP contribution in [-0.2, 0) is 4.74 Å². The number of aliphatic hydroxyl groups excluding tert-OH is 1. The number of rotatable bonds is 7. The second-order valence-electron chi connectivity index (χ2n) is 11.6. The summed E-state index contributed by atoms with van der Waals surface area (Å²) in [6, 6.07) is 33.6. The van der Waals surface area contributed by atoms with Gasteiger partial charge in [-0.2, -0.15) is 0 Å². The molecular weight excluding hydrogens is 590 g/mol. The Labute approximate surface area is 273 Å². The van der Waals surface area contributed by atoms with Gasteiger partial charge in [0.25, 0.3) is 11.8 Å². The molecule has 236 valence electrons. The largest absolute Gasteiger partial charge is 0.508 e. The van der Waals surface area contributed by atoms with E-state index in [1.54, 1.807) is 29.2 Å². The summed E-state index contributed by atoms with van der Waals surface area (Å²) in [5, 5.41) is 17.5. The predicted molar refractivity (Wildman–Crippen MR) is 186 cm³/mol. The first-order chi connectivity index (χ1) is 22.8. The van der Waals surface area contributed by atoms with Crippen LogP contribution in [-0.4, -0.2) is 48.1 Å². The molecule has 1 aliphatic heterocycles. The topological polar surface area (TPSA) is 108 Å². The number of ether oxygens (including phenoxy) is 1. The number of fused-ring (bicyclic) bond motifs is 1. The number of nitrogens with zero attached hydrogens (tertiary/aromatic N) is 1. The van der Waals surface area contributed by atoms with E-state index in [1.165, 1.54) is 7.11 Å². The Bertz CT molecular complexity index is 1940. The molecular formula is C39H35N3O5. The van der Waals surface area contributed by atoms with Gasteiger partial charge in [0, 0.05) is 46.5 Å². The molecule has 5 aromatic rings. The number of hydrogen-bond donors (Lipinski definition) is 3. The molecule has 1 aliphatic rings. The number of carbonyl (C=O) groups excluding carboxylic acids is 3. The van der Waals surface area contributed by atoms with Crippen molar-refractivity contribution in [1.82, 2.24) is 4.90 Å². The van der Waals surface area contributed by atoms with Crippen LogP contribution in [0.1, 0.15) is 50.6 Å². The Morgan fingerprint density at radius 2 is 1.28 bits per heavy atom. The van der Waals surface area contributed by atoms with E-state index in [9.17, 15) is 19.5 Å². The summed E-state index contributed by atoms with van der Waals surface area (Å²) in [5.41, 5.74) is 6.07. The average Bonchev–Trinajstić information content (AvgIpc) is 3.11. The lowest BCUT2D eigenvalue weighted by molar-refractivity contribution is 0.101. The summed E-state index contributed by atoms with van der Waals surface area (Å²) >= 11 is 0. The second-order valence-corrected chi connectivity index (χ2v) is 11.6. The third-order valence-electron chi connectivity index (χ3n) is 8.68. The number of anilines is 2. The lowest BCUT2D eigenvalue weighted by atomic mass is 9.89. The van der Waals surface area contributed by atoms with E-state index < -0.39 is 0 Å². The van der Waals surface area contributed by atoms with Crippen LogP contribution in [0, 0.1) is 0 Å². The van der Waals surface area contributed by atoms with Crippen molar-refractivity contribution in [1.29, 1.82) is 0 Å². The van der Waals surface area contributed by atoms with Crippen molar-refractivity contribution in [3.8, 4) is 11.1 Å². The van der Waals surface area contributed by atoms with Crippen LogP contribution >= 0.6 is 0 Å². The maximum Gasteiger partial charge on any atom is 0.409 e. The SMILES string of the molecule is C=C(O)c1ccc(NC(=O)c2ccc(-c3ccc(NC(=O)c4ccc(C5CCN(C(=O)OC)CC5)cc4)cc3)cc2)c2ccccc12. The minimum absolute atomic E-state index is 0.0255. The van der Waals surface area contributed by atoms with Gasteiger partial charge in [-0.05, 0) is 89.4 Å². The molecule has 0 atom stereocenters. The summed E-state index contributed by atoms with van der Waals surface area (Å²) in [6.07, 6.45) is 1.43. The third-order valence-corrected chi connectivity index (χ3v) is 8.68. The fourth-order valence-corrected chi connectivity index (χ4v) is 6.05. The molecule has 0 aliphatic carbocycles. The highest BCUT2D eigenvalue weighted by Crippen LogP contribution is 2.31. The zero-order valence-electron chi connectivity index (χ0n) is 26.0. The first-order valence-electron chi connectivity index (χ1n) is 15.5. The number of likely N-dealkylation sites (tertiary alicyclic amines) is 1. The Morgan fingerprint density at radius 1 is 0.723 bits per heavy atom. The van der Waals surface area contributed by atoms with E-state index >= 15 is 0 Å². The van der Waals surface area contributed by atoms with E-state index in [0.29, 0.717) is 47.1 Å². The molecule has 6 rings (SSSR count). The number of carbonyl (C=O) groups is 3. The number of benzene rings is 5. The molecule has 8 heteroatoms. The average molecular weight is 626 g/mol. The van der Waals surface area contributed by atoms with Gasteiger partial charge >= 0.3 is 6.09 Å².